The highest BCUT2D eigenvalue weighted by Crippen LogP contribution is 2.46. The van der Waals surface area contributed by atoms with Gasteiger partial charge in [-0.3, -0.25) is 14.0 Å². The van der Waals surface area contributed by atoms with Crippen molar-refractivity contribution in [1.29, 1.82) is 0 Å². The van der Waals surface area contributed by atoms with Crippen molar-refractivity contribution in [3.8, 4) is 5.75 Å². The second-order valence-electron chi connectivity index (χ2n) is 7.98. The first kappa shape index (κ1) is 30.8. The van der Waals surface area contributed by atoms with Crippen molar-refractivity contribution >= 4 is 62.3 Å². The predicted molar refractivity (Wildman–Crippen MR) is 131 cm³/mol. The second kappa shape index (κ2) is 11.0. The maximum absolute atomic E-state index is 13.5. The lowest BCUT2D eigenvalue weighted by molar-refractivity contribution is -0.344. The molecule has 1 N–H and O–H groups in total. The van der Waals surface area contributed by atoms with Gasteiger partial charge in [-0.1, -0.05) is 23.2 Å². The molecule has 17 heteroatoms. The normalized spacial score (nSPS) is 12.5. The number of nitrogens with zero attached hydrogens (tertiary/aromatic N) is 3. The number of ether oxygens (including phenoxy) is 1. The molecular weight excluding hydrogens is 652 g/mol. The fourth-order valence-corrected chi connectivity index (χ4v) is 4.19. The Bertz CT molecular complexity index is 1430. The molecule has 0 aliphatic rings. The molecule has 2 heterocycles. The van der Waals surface area contributed by atoms with Gasteiger partial charge in [0.05, 0.1) is 22.9 Å². The highest BCUT2D eigenvalue weighted by molar-refractivity contribution is 9.10. The summed E-state index contributed by atoms with van der Waals surface area (Å²) in [5.41, 5.74) is 1.31. The minimum absolute atomic E-state index is 0.0519. The van der Waals surface area contributed by atoms with Crippen LogP contribution in [-0.2, 0) is 16.2 Å². The topological polar surface area (TPSA) is 75.9 Å². The van der Waals surface area contributed by atoms with Crippen LogP contribution in [0.3, 0.4) is 0 Å². The first-order valence-corrected chi connectivity index (χ1v) is 12.1. The van der Waals surface area contributed by atoms with E-state index in [1.54, 1.807) is 29.7 Å². The van der Waals surface area contributed by atoms with Crippen molar-refractivity contribution in [2.24, 2.45) is 0 Å². The Morgan fingerprint density at radius 3 is 2.38 bits per heavy atom. The zero-order valence-electron chi connectivity index (χ0n) is 19.6. The van der Waals surface area contributed by atoms with Gasteiger partial charge in [-0.05, 0) is 47.1 Å². The minimum atomic E-state index is -6.71. The number of likely N-dealkylation sites (N-methyl/N-ethyl adjacent to an activating group) is 1. The van der Waals surface area contributed by atoms with Crippen molar-refractivity contribution in [3.05, 3.63) is 56.4 Å². The fraction of sp³-hybridized carbons (Fsp3) is 0.318. The third kappa shape index (κ3) is 5.75. The molecule has 0 aliphatic carbocycles. The van der Waals surface area contributed by atoms with E-state index in [1.807, 2.05) is 0 Å². The Morgan fingerprint density at radius 1 is 1.13 bits per heavy atom. The lowest BCUT2D eigenvalue weighted by Gasteiger charge is -2.27. The van der Waals surface area contributed by atoms with E-state index in [-0.39, 0.29) is 27.9 Å². The molecule has 2 aromatic heterocycles. The molecule has 3 aromatic rings. The number of carbonyl (C=O) groups excluding carboxylic acids is 2. The number of imidazole rings is 1. The second-order valence-corrected chi connectivity index (χ2v) is 9.52. The average molecular weight is 668 g/mol. The number of rotatable bonds is 8. The first-order chi connectivity index (χ1) is 17.9. The van der Waals surface area contributed by atoms with Crippen molar-refractivity contribution in [3.63, 3.8) is 0 Å². The van der Waals surface area contributed by atoms with Crippen molar-refractivity contribution in [1.82, 2.24) is 14.7 Å². The Balaban J connectivity index is 1.76. The van der Waals surface area contributed by atoms with Crippen molar-refractivity contribution < 1.29 is 45.1 Å². The van der Waals surface area contributed by atoms with Crippen LogP contribution in [0.15, 0.2) is 35.1 Å². The molecule has 3 rings (SSSR count). The van der Waals surface area contributed by atoms with E-state index in [9.17, 15) is 40.3 Å². The van der Waals surface area contributed by atoms with Crippen LogP contribution >= 0.6 is 39.1 Å². The molecule has 0 saturated carbocycles. The molecule has 0 bridgehead atoms. The number of hydrogen-bond acceptors (Lipinski definition) is 4. The fourth-order valence-electron chi connectivity index (χ4n) is 3.21. The number of amides is 2. The van der Waals surface area contributed by atoms with Crippen LogP contribution in [-0.4, -0.2) is 52.8 Å². The number of carbonyl (C=O) groups is 2. The van der Waals surface area contributed by atoms with E-state index in [1.165, 1.54) is 12.1 Å². The molecule has 39 heavy (non-hydrogen) atoms. The lowest BCUT2D eigenvalue weighted by atomic mass is 10.1. The van der Waals surface area contributed by atoms with Crippen LogP contribution in [0.4, 0.5) is 36.4 Å². The molecular formula is C22H16BrCl2F7N4O3. The molecule has 0 aliphatic heterocycles. The standard InChI is InChI=1S/C22H16BrCl2F7N4O3/c1-10-17(23)36-7-3-4-14(18(36)34-10)39-9-11-12(24)5-6-13(16(11)25)35(2)15(37)8-33-19(38)20(26,27)21(28,29)22(30,31)32/h3-7H,8-9H2,1-2H3,(H,33,38). The molecule has 2 amide bonds. The lowest BCUT2D eigenvalue weighted by Crippen LogP contribution is -2.60. The van der Waals surface area contributed by atoms with E-state index in [2.05, 4.69) is 20.9 Å². The number of aromatic nitrogens is 2. The first-order valence-electron chi connectivity index (χ1n) is 10.5. The number of nitrogens with one attached hydrogen (secondary N) is 1. The largest absolute Gasteiger partial charge is 0.485 e. The van der Waals surface area contributed by atoms with Crippen LogP contribution in [0, 0.1) is 6.92 Å². The van der Waals surface area contributed by atoms with E-state index in [0.717, 1.165) is 17.3 Å². The van der Waals surface area contributed by atoms with Gasteiger partial charge in [0.25, 0.3) is 5.91 Å². The Kier molecular flexibility index (Phi) is 8.68. The van der Waals surface area contributed by atoms with Crippen LogP contribution in [0.2, 0.25) is 10.0 Å². The maximum atomic E-state index is 13.5. The van der Waals surface area contributed by atoms with Gasteiger partial charge < -0.3 is 15.0 Å². The molecule has 7 nitrogen and oxygen atoms in total. The average Bonchev–Trinajstić information content (AvgIpc) is 3.15. The summed E-state index contributed by atoms with van der Waals surface area (Å²) in [6.07, 6.45) is -4.96. The Morgan fingerprint density at radius 2 is 1.77 bits per heavy atom. The number of hydrogen-bond donors (Lipinski definition) is 1. The summed E-state index contributed by atoms with van der Waals surface area (Å²) in [6.45, 7) is 0.211. The van der Waals surface area contributed by atoms with Gasteiger partial charge in [0, 0.05) is 23.8 Å². The van der Waals surface area contributed by atoms with Gasteiger partial charge in [0.2, 0.25) is 5.91 Å². The number of fused-ring (bicyclic) bond motifs is 1. The van der Waals surface area contributed by atoms with E-state index < -0.39 is 36.4 Å². The molecule has 212 valence electrons. The molecule has 1 aromatic carbocycles. The number of halogens is 10. The van der Waals surface area contributed by atoms with E-state index in [4.69, 9.17) is 27.9 Å². The van der Waals surface area contributed by atoms with Crippen molar-refractivity contribution in [2.75, 3.05) is 18.5 Å². The van der Waals surface area contributed by atoms with Crippen LogP contribution in [0.1, 0.15) is 11.3 Å². The Labute approximate surface area is 233 Å². The van der Waals surface area contributed by atoms with Gasteiger partial charge in [0.1, 0.15) is 11.2 Å². The zero-order chi connectivity index (χ0) is 29.5. The summed E-state index contributed by atoms with van der Waals surface area (Å²) in [5.74, 6) is -16.6. The third-order valence-corrected chi connectivity index (χ3v) is 7.16. The van der Waals surface area contributed by atoms with Gasteiger partial charge in [-0.2, -0.15) is 30.7 Å². The summed E-state index contributed by atoms with van der Waals surface area (Å²) >= 11 is 16.0. The van der Waals surface area contributed by atoms with Crippen LogP contribution < -0.4 is 15.0 Å². The highest BCUT2D eigenvalue weighted by atomic mass is 79.9. The molecule has 0 atom stereocenters. The number of alkyl halides is 7. The van der Waals surface area contributed by atoms with Crippen molar-refractivity contribution in [2.45, 2.75) is 31.6 Å². The minimum Gasteiger partial charge on any atom is -0.485 e. The number of benzene rings is 1. The zero-order valence-corrected chi connectivity index (χ0v) is 22.7. The number of pyridine rings is 1. The highest BCUT2D eigenvalue weighted by Gasteiger charge is 2.76. The summed E-state index contributed by atoms with van der Waals surface area (Å²) in [5, 5.41) is 1.11. The van der Waals surface area contributed by atoms with Gasteiger partial charge >= 0.3 is 18.0 Å². The molecule has 0 fully saturated rings. The number of anilines is 1. The smallest absolute Gasteiger partial charge is 0.460 e. The van der Waals surface area contributed by atoms with E-state index >= 15 is 0 Å². The van der Waals surface area contributed by atoms with E-state index in [0.29, 0.717) is 21.7 Å². The third-order valence-electron chi connectivity index (χ3n) is 5.42. The summed E-state index contributed by atoms with van der Waals surface area (Å²) in [7, 11) is 1.10. The molecule has 0 saturated heterocycles. The predicted octanol–water partition coefficient (Wildman–Crippen LogP) is 6.20. The maximum Gasteiger partial charge on any atom is 0.460 e. The Hall–Kier alpha value is -2.78. The molecule has 0 radical (unpaired) electrons. The summed E-state index contributed by atoms with van der Waals surface area (Å²) in [4.78, 5) is 29.0. The van der Waals surface area contributed by atoms with Crippen LogP contribution in [0.25, 0.3) is 5.65 Å². The van der Waals surface area contributed by atoms with Crippen LogP contribution in [0.5, 0.6) is 5.75 Å². The summed E-state index contributed by atoms with van der Waals surface area (Å²) < 4.78 is 98.3. The summed E-state index contributed by atoms with van der Waals surface area (Å²) in [6, 6.07) is 5.92. The molecule has 0 unspecified atom stereocenters. The quantitative estimate of drug-likeness (QED) is 0.290. The monoisotopic (exact) mass is 666 g/mol. The van der Waals surface area contributed by atoms with Gasteiger partial charge in [-0.25, -0.2) is 4.98 Å². The van der Waals surface area contributed by atoms with Gasteiger partial charge in [-0.15, -0.1) is 0 Å². The van der Waals surface area contributed by atoms with Gasteiger partial charge in [0.15, 0.2) is 11.4 Å². The SMILES string of the molecule is Cc1nc2c(OCc3c(Cl)ccc(N(C)C(=O)CNC(=O)C(F)(F)C(F)(F)C(F)(F)F)c3Cl)cccn2c1Br. The molecule has 0 spiro atoms. The number of aryl methyl sites for hydroxylation is 1.